The number of amidine groups is 1. The minimum absolute atomic E-state index is 0.296. The molecule has 0 fully saturated rings. The molecule has 1 heterocycles. The summed E-state index contributed by atoms with van der Waals surface area (Å²) in [7, 11) is 3.87. The third kappa shape index (κ3) is 2.96. The van der Waals surface area contributed by atoms with Crippen LogP contribution in [0.25, 0.3) is 0 Å². The van der Waals surface area contributed by atoms with E-state index >= 15 is 0 Å². The van der Waals surface area contributed by atoms with E-state index < -0.39 is 0 Å². The van der Waals surface area contributed by atoms with Crippen LogP contribution in [0.4, 0.5) is 0 Å². The van der Waals surface area contributed by atoms with E-state index in [1.807, 2.05) is 25.6 Å². The number of aliphatic imine (C=N–C) groups is 1. The van der Waals surface area contributed by atoms with Gasteiger partial charge in [-0.25, -0.2) is 0 Å². The lowest BCUT2D eigenvalue weighted by molar-refractivity contribution is 0.409. The fourth-order valence-electron chi connectivity index (χ4n) is 1.41. The van der Waals surface area contributed by atoms with Crippen LogP contribution in [-0.4, -0.2) is 35.4 Å². The van der Waals surface area contributed by atoms with E-state index in [0.717, 1.165) is 5.17 Å². The summed E-state index contributed by atoms with van der Waals surface area (Å²) in [5, 5.41) is 1.03. The smallest absolute Gasteiger partial charge is 0.158 e. The predicted octanol–water partition coefficient (Wildman–Crippen LogP) is 2.42. The highest BCUT2D eigenvalue weighted by Crippen LogP contribution is 2.20. The van der Waals surface area contributed by atoms with Gasteiger partial charge >= 0.3 is 0 Å². The van der Waals surface area contributed by atoms with Crippen LogP contribution in [-0.2, 0) is 0 Å². The van der Waals surface area contributed by atoms with Crippen molar-refractivity contribution in [1.29, 1.82) is 0 Å². The highest BCUT2D eigenvalue weighted by atomic mass is 32.2. The summed E-state index contributed by atoms with van der Waals surface area (Å²) < 4.78 is 0. The van der Waals surface area contributed by atoms with Gasteiger partial charge < -0.3 is 4.90 Å². The van der Waals surface area contributed by atoms with Gasteiger partial charge in [-0.15, -0.1) is 0 Å². The largest absolute Gasteiger partial charge is 0.348 e. The van der Waals surface area contributed by atoms with Crippen molar-refractivity contribution in [3.8, 4) is 0 Å². The number of pyridine rings is 1. The van der Waals surface area contributed by atoms with Gasteiger partial charge in [0.2, 0.25) is 0 Å². The number of rotatable bonds is 2. The van der Waals surface area contributed by atoms with Crippen molar-refractivity contribution in [2.45, 2.75) is 13.0 Å². The van der Waals surface area contributed by atoms with Crippen LogP contribution in [0.5, 0.6) is 0 Å². The Morgan fingerprint density at radius 1 is 1.60 bits per heavy atom. The first kappa shape index (κ1) is 12.0. The molecule has 0 saturated carbocycles. The molecule has 0 bridgehead atoms. The van der Waals surface area contributed by atoms with E-state index in [9.17, 15) is 0 Å². The van der Waals surface area contributed by atoms with Crippen LogP contribution in [0.2, 0.25) is 0 Å². The summed E-state index contributed by atoms with van der Waals surface area (Å²) in [5.41, 5.74) is 1.20. The fraction of sp³-hybridized carbons (Fsp3) is 0.455. The molecule has 1 unspecified atom stereocenters. The minimum Gasteiger partial charge on any atom is -0.348 e. The first-order valence-electron chi connectivity index (χ1n) is 4.84. The Labute approximate surface area is 95.6 Å². The molecule has 0 aromatic carbocycles. The molecule has 82 valence electrons. The normalized spacial score (nSPS) is 13.7. The molecule has 1 rings (SSSR count). The van der Waals surface area contributed by atoms with E-state index in [1.54, 1.807) is 18.0 Å². The Balaban J connectivity index is 2.81. The van der Waals surface area contributed by atoms with Crippen molar-refractivity contribution in [1.82, 2.24) is 9.88 Å². The van der Waals surface area contributed by atoms with Crippen LogP contribution >= 0.6 is 11.8 Å². The van der Waals surface area contributed by atoms with Gasteiger partial charge in [0.25, 0.3) is 0 Å². The van der Waals surface area contributed by atoms with Crippen LogP contribution in [0, 0.1) is 0 Å². The third-order valence-corrected chi connectivity index (χ3v) is 3.26. The average Bonchev–Trinajstić information content (AvgIpc) is 2.30. The van der Waals surface area contributed by atoms with Gasteiger partial charge in [-0.2, -0.15) is 0 Å². The van der Waals surface area contributed by atoms with Crippen LogP contribution < -0.4 is 0 Å². The lowest BCUT2D eigenvalue weighted by Crippen LogP contribution is -2.27. The van der Waals surface area contributed by atoms with E-state index in [-0.39, 0.29) is 0 Å². The highest BCUT2D eigenvalue weighted by Gasteiger charge is 2.14. The standard InChI is InChI=1S/C11H17N3S/c1-9(10-6-5-7-13-8-10)14(3)11(12-2)15-4/h5-9H,1-4H3. The van der Waals surface area contributed by atoms with Crippen LogP contribution in [0.3, 0.4) is 0 Å². The number of nitrogens with zero attached hydrogens (tertiary/aromatic N) is 3. The predicted molar refractivity (Wildman–Crippen MR) is 67.3 cm³/mol. The van der Waals surface area contributed by atoms with E-state index in [2.05, 4.69) is 34.9 Å². The maximum absolute atomic E-state index is 4.24. The molecule has 15 heavy (non-hydrogen) atoms. The second kappa shape index (κ2) is 5.75. The number of aromatic nitrogens is 1. The van der Waals surface area contributed by atoms with Crippen LogP contribution in [0.1, 0.15) is 18.5 Å². The molecule has 0 spiro atoms. The van der Waals surface area contributed by atoms with Gasteiger partial charge in [-0.1, -0.05) is 17.8 Å². The monoisotopic (exact) mass is 223 g/mol. The zero-order valence-electron chi connectivity index (χ0n) is 9.64. The molecule has 0 N–H and O–H groups in total. The molecular weight excluding hydrogens is 206 g/mol. The molecule has 0 aliphatic carbocycles. The van der Waals surface area contributed by atoms with Gasteiger partial charge in [0.15, 0.2) is 5.17 Å². The number of hydrogen-bond donors (Lipinski definition) is 0. The van der Waals surface area contributed by atoms with Crippen molar-refractivity contribution < 1.29 is 0 Å². The van der Waals surface area contributed by atoms with Crippen LogP contribution in [0.15, 0.2) is 29.5 Å². The van der Waals surface area contributed by atoms with E-state index in [1.165, 1.54) is 5.56 Å². The van der Waals surface area contributed by atoms with Crippen molar-refractivity contribution in [3.05, 3.63) is 30.1 Å². The average molecular weight is 223 g/mol. The Morgan fingerprint density at radius 2 is 2.33 bits per heavy atom. The lowest BCUT2D eigenvalue weighted by atomic mass is 10.1. The third-order valence-electron chi connectivity index (χ3n) is 2.42. The molecule has 0 saturated heterocycles. The van der Waals surface area contributed by atoms with Gasteiger partial charge in [0.05, 0.1) is 6.04 Å². The van der Waals surface area contributed by atoms with Gasteiger partial charge in [0, 0.05) is 26.5 Å². The summed E-state index contributed by atoms with van der Waals surface area (Å²) in [5.74, 6) is 0. The first-order valence-corrected chi connectivity index (χ1v) is 6.06. The molecule has 4 heteroatoms. The summed E-state index contributed by atoms with van der Waals surface area (Å²) >= 11 is 1.66. The van der Waals surface area contributed by atoms with Gasteiger partial charge in [-0.05, 0) is 24.8 Å². The number of hydrogen-bond acceptors (Lipinski definition) is 3. The molecule has 1 atom stereocenters. The van der Waals surface area contributed by atoms with Gasteiger partial charge in [-0.3, -0.25) is 9.98 Å². The summed E-state index contributed by atoms with van der Waals surface area (Å²) in [6, 6.07) is 4.34. The maximum Gasteiger partial charge on any atom is 0.158 e. The highest BCUT2D eigenvalue weighted by molar-refractivity contribution is 8.13. The Kier molecular flexibility index (Phi) is 4.62. The maximum atomic E-state index is 4.24. The Morgan fingerprint density at radius 3 is 2.80 bits per heavy atom. The molecular formula is C11H17N3S. The summed E-state index contributed by atoms with van der Waals surface area (Å²) in [6.45, 7) is 2.15. The van der Waals surface area contributed by atoms with E-state index in [4.69, 9.17) is 0 Å². The second-order valence-electron chi connectivity index (χ2n) is 3.28. The fourth-order valence-corrected chi connectivity index (χ4v) is 2.03. The molecule has 1 aromatic rings. The summed E-state index contributed by atoms with van der Waals surface area (Å²) in [4.78, 5) is 10.5. The second-order valence-corrected chi connectivity index (χ2v) is 4.06. The lowest BCUT2D eigenvalue weighted by Gasteiger charge is -2.26. The topological polar surface area (TPSA) is 28.5 Å². The molecule has 1 aromatic heterocycles. The molecule has 3 nitrogen and oxygen atoms in total. The molecule has 0 aliphatic heterocycles. The van der Waals surface area contributed by atoms with Crippen molar-refractivity contribution >= 4 is 16.9 Å². The minimum atomic E-state index is 0.296. The number of thioether (sulfide) groups is 1. The zero-order valence-corrected chi connectivity index (χ0v) is 10.5. The summed E-state index contributed by atoms with van der Waals surface area (Å²) in [6.07, 6.45) is 5.73. The Hall–Kier alpha value is -1.03. The van der Waals surface area contributed by atoms with Crippen molar-refractivity contribution in [2.75, 3.05) is 20.4 Å². The zero-order chi connectivity index (χ0) is 11.3. The SMILES string of the molecule is CN=C(SC)N(C)C(C)c1cccnc1. The van der Waals surface area contributed by atoms with Gasteiger partial charge in [0.1, 0.15) is 0 Å². The van der Waals surface area contributed by atoms with Crippen molar-refractivity contribution in [3.63, 3.8) is 0 Å². The van der Waals surface area contributed by atoms with E-state index in [0.29, 0.717) is 6.04 Å². The quantitative estimate of drug-likeness (QED) is 0.569. The van der Waals surface area contributed by atoms with Crippen molar-refractivity contribution in [2.24, 2.45) is 4.99 Å². The first-order chi connectivity index (χ1) is 7.20. The Bertz CT molecular complexity index is 324. The molecule has 0 radical (unpaired) electrons. The molecule has 0 amide bonds. The molecule has 0 aliphatic rings.